The van der Waals surface area contributed by atoms with Crippen LogP contribution in [0.1, 0.15) is 131 Å². The Kier molecular flexibility index (Phi) is 16.7. The van der Waals surface area contributed by atoms with Gasteiger partial charge < -0.3 is 35.2 Å². The van der Waals surface area contributed by atoms with Crippen LogP contribution in [-0.4, -0.2) is 126 Å². The van der Waals surface area contributed by atoms with E-state index in [0.717, 1.165) is 129 Å². The molecule has 1 aliphatic carbocycles. The Morgan fingerprint density at radius 3 is 1.49 bits per heavy atom. The quantitative estimate of drug-likeness (QED) is 0.0762. The van der Waals surface area contributed by atoms with E-state index in [1.165, 1.54) is 12.8 Å². The number of ether oxygens (including phenoxy) is 2. The molecule has 6 aromatic rings. The molecule has 17 heteroatoms. The molecule has 1 unspecified atom stereocenters. The van der Waals surface area contributed by atoms with Crippen molar-refractivity contribution in [2.24, 2.45) is 11.8 Å². The van der Waals surface area contributed by atoms with Crippen molar-refractivity contribution < 1.29 is 19.1 Å². The maximum absolute atomic E-state index is 12.7. The monoisotopic (exact) mass is 982 g/mol. The number of carbonyl (C=O) groups is 2. The topological polar surface area (TPSA) is 181 Å². The number of anilines is 2. The Bertz CT molecular complexity index is 2570. The van der Waals surface area contributed by atoms with Crippen molar-refractivity contribution in [3.05, 3.63) is 94.3 Å². The second kappa shape index (κ2) is 23.7. The highest BCUT2D eigenvalue weighted by atomic mass is 16.5. The average Bonchev–Trinajstić information content (AvgIpc) is 4.23. The van der Waals surface area contributed by atoms with E-state index in [1.807, 2.05) is 30.6 Å². The Hall–Kier alpha value is -6.04. The van der Waals surface area contributed by atoms with E-state index in [0.29, 0.717) is 61.4 Å². The summed E-state index contributed by atoms with van der Waals surface area (Å²) in [6.07, 6.45) is 14.2. The highest BCUT2D eigenvalue weighted by Gasteiger charge is 2.26. The van der Waals surface area contributed by atoms with Gasteiger partial charge in [0, 0.05) is 81.6 Å². The fourth-order valence-corrected chi connectivity index (χ4v) is 10.3. The lowest BCUT2D eigenvalue weighted by Gasteiger charge is -2.28. The zero-order valence-electron chi connectivity index (χ0n) is 43.3. The molecular formula is C55H75N13O4. The minimum Gasteiger partial charge on any atom is -0.460 e. The van der Waals surface area contributed by atoms with Crippen LogP contribution in [0.2, 0.25) is 0 Å². The Labute approximate surface area is 424 Å². The normalized spacial score (nSPS) is 18.5. The molecule has 1 saturated carbocycles. The zero-order chi connectivity index (χ0) is 50.1. The predicted molar refractivity (Wildman–Crippen MR) is 280 cm³/mol. The van der Waals surface area contributed by atoms with Crippen LogP contribution in [0, 0.1) is 11.8 Å². The van der Waals surface area contributed by atoms with Gasteiger partial charge in [-0.3, -0.25) is 9.59 Å². The first-order chi connectivity index (χ1) is 34.9. The van der Waals surface area contributed by atoms with Crippen molar-refractivity contribution in [3.63, 3.8) is 0 Å². The second-order valence-corrected chi connectivity index (χ2v) is 21.2. The van der Waals surface area contributed by atoms with Crippen LogP contribution in [-0.2, 0) is 35.5 Å². The van der Waals surface area contributed by atoms with E-state index >= 15 is 0 Å². The number of hydrogen-bond donors (Lipinski definition) is 3. The zero-order valence-corrected chi connectivity index (χ0v) is 43.3. The van der Waals surface area contributed by atoms with Crippen LogP contribution < -0.4 is 25.4 Å². The summed E-state index contributed by atoms with van der Waals surface area (Å²) >= 11 is 0. The Morgan fingerprint density at radius 1 is 0.611 bits per heavy atom. The fourth-order valence-electron chi connectivity index (χ4n) is 10.3. The highest BCUT2D eigenvalue weighted by Crippen LogP contribution is 2.29. The minimum atomic E-state index is 0.117. The van der Waals surface area contributed by atoms with Gasteiger partial charge in [0.15, 0.2) is 11.3 Å². The standard InChI is InChI=1S/C28H38N6O2.C27H37N7O2/c1-19(2)24-18-30-34-26(24)31-28(36-23-11-13-33(3)14-12-23)32-27(34)29-17-21-8-6-7-20(15-21)16-25(35)22-9-4-5-10-22;1-18(2)23-17-30-34-25(23)31-27(36-22-8-11-33(3)12-9-22)32-26(34)29-15-20-6-4-5-19(13-20)14-24(35)21-7-10-28-16-21/h6-8,15,18-19,22-23H,4-5,9-14,16-17H2,1-3H3,(H,29,31,32);4-6,13,17-18,21-22,28H,7-12,14-16H2,1-3H3,(H,29,31,32). The summed E-state index contributed by atoms with van der Waals surface area (Å²) in [7, 11) is 4.28. The molecular weight excluding hydrogens is 907 g/mol. The van der Waals surface area contributed by atoms with E-state index in [2.05, 4.69) is 108 Å². The van der Waals surface area contributed by atoms with Gasteiger partial charge in [-0.2, -0.15) is 39.2 Å². The van der Waals surface area contributed by atoms with Crippen molar-refractivity contribution in [2.75, 3.05) is 64.0 Å². The van der Waals surface area contributed by atoms with Gasteiger partial charge in [-0.25, -0.2) is 0 Å². The molecule has 3 N–H and O–H groups in total. The van der Waals surface area contributed by atoms with Crippen molar-refractivity contribution in [3.8, 4) is 12.0 Å². The van der Waals surface area contributed by atoms with E-state index in [9.17, 15) is 9.59 Å². The van der Waals surface area contributed by atoms with E-state index in [4.69, 9.17) is 29.4 Å². The summed E-state index contributed by atoms with van der Waals surface area (Å²) in [6.45, 7) is 15.5. The Balaban J connectivity index is 0.000000178. The molecule has 72 heavy (non-hydrogen) atoms. The number of ketones is 2. The molecule has 0 radical (unpaired) electrons. The van der Waals surface area contributed by atoms with Crippen LogP contribution in [0.25, 0.3) is 11.3 Å². The molecule has 10 rings (SSSR count). The lowest BCUT2D eigenvalue weighted by atomic mass is 9.96. The smallest absolute Gasteiger partial charge is 0.322 e. The SMILES string of the molecule is CC(C)c1cnn2c(NCc3cccc(CC(=O)C4CCCC4)c3)nc(OC3CCN(C)CC3)nc12.CC(C)c1cnn2c(NCc3cccc(CC(=O)C4CCNC4)c3)nc(OC3CCN(C)CC3)nc12. The van der Waals surface area contributed by atoms with Crippen LogP contribution in [0.15, 0.2) is 60.9 Å². The summed E-state index contributed by atoms with van der Waals surface area (Å²) in [6, 6.07) is 17.3. The number of piperidine rings is 2. The molecule has 0 spiro atoms. The van der Waals surface area contributed by atoms with Gasteiger partial charge in [0.1, 0.15) is 23.8 Å². The molecule has 2 aromatic carbocycles. The van der Waals surface area contributed by atoms with E-state index in [-0.39, 0.29) is 35.9 Å². The molecule has 384 valence electrons. The lowest BCUT2D eigenvalue weighted by molar-refractivity contribution is -0.122. The molecule has 7 heterocycles. The second-order valence-electron chi connectivity index (χ2n) is 21.2. The summed E-state index contributed by atoms with van der Waals surface area (Å²) < 4.78 is 16.0. The number of likely N-dealkylation sites (tertiary alicyclic amines) is 2. The average molecular weight is 982 g/mol. The first-order valence-corrected chi connectivity index (χ1v) is 26.5. The maximum atomic E-state index is 12.7. The van der Waals surface area contributed by atoms with Crippen LogP contribution in [0.4, 0.5) is 11.9 Å². The van der Waals surface area contributed by atoms with Crippen molar-refractivity contribution >= 4 is 34.8 Å². The molecule has 4 aromatic heterocycles. The number of carbonyl (C=O) groups excluding carboxylic acids is 2. The van der Waals surface area contributed by atoms with Crippen molar-refractivity contribution in [1.82, 2.24) is 54.3 Å². The minimum absolute atomic E-state index is 0.117. The third-order valence-electron chi connectivity index (χ3n) is 14.8. The molecule has 3 saturated heterocycles. The third kappa shape index (κ3) is 12.9. The summed E-state index contributed by atoms with van der Waals surface area (Å²) in [5.41, 5.74) is 8.00. The molecule has 1 atom stereocenters. The molecule has 3 aliphatic heterocycles. The number of aromatic nitrogens is 8. The first kappa shape index (κ1) is 50.9. The Morgan fingerprint density at radius 2 is 1.06 bits per heavy atom. The van der Waals surface area contributed by atoms with E-state index < -0.39 is 0 Å². The first-order valence-electron chi connectivity index (χ1n) is 26.5. The number of benzene rings is 2. The van der Waals surface area contributed by atoms with Gasteiger partial charge in [0.2, 0.25) is 11.9 Å². The maximum Gasteiger partial charge on any atom is 0.322 e. The van der Waals surface area contributed by atoms with Gasteiger partial charge in [-0.05, 0) is 99.7 Å². The largest absolute Gasteiger partial charge is 0.460 e. The number of hydrogen-bond acceptors (Lipinski definition) is 15. The van der Waals surface area contributed by atoms with Crippen LogP contribution in [0.3, 0.4) is 0 Å². The highest BCUT2D eigenvalue weighted by molar-refractivity contribution is 5.84. The number of nitrogens with one attached hydrogen (secondary N) is 3. The third-order valence-corrected chi connectivity index (χ3v) is 14.8. The molecule has 4 fully saturated rings. The number of fused-ring (bicyclic) bond motifs is 2. The summed E-state index contributed by atoms with van der Waals surface area (Å²) in [5.74, 6) is 2.87. The fraction of sp³-hybridized carbons (Fsp3) is 0.564. The molecule has 0 bridgehead atoms. The predicted octanol–water partition coefficient (Wildman–Crippen LogP) is 7.69. The van der Waals surface area contributed by atoms with Crippen LogP contribution in [0.5, 0.6) is 12.0 Å². The van der Waals surface area contributed by atoms with Gasteiger partial charge in [-0.15, -0.1) is 0 Å². The molecule has 17 nitrogen and oxygen atoms in total. The van der Waals surface area contributed by atoms with E-state index in [1.54, 1.807) is 9.03 Å². The van der Waals surface area contributed by atoms with Gasteiger partial charge in [-0.1, -0.05) is 89.1 Å². The van der Waals surface area contributed by atoms with Crippen LogP contribution >= 0.6 is 0 Å². The summed E-state index contributed by atoms with van der Waals surface area (Å²) in [4.78, 5) is 48.8. The van der Waals surface area contributed by atoms with Crippen molar-refractivity contribution in [2.45, 2.75) is 135 Å². The van der Waals surface area contributed by atoms with Gasteiger partial charge >= 0.3 is 12.0 Å². The number of Topliss-reactive ketones (excluding diaryl/α,β-unsaturated/α-hetero) is 2. The number of nitrogens with zero attached hydrogens (tertiary/aromatic N) is 10. The van der Waals surface area contributed by atoms with Gasteiger partial charge in [0.05, 0.1) is 12.4 Å². The molecule has 0 amide bonds. The number of rotatable bonds is 18. The molecule has 4 aliphatic rings. The van der Waals surface area contributed by atoms with Gasteiger partial charge in [0.25, 0.3) is 0 Å². The van der Waals surface area contributed by atoms with Crippen molar-refractivity contribution in [1.29, 1.82) is 0 Å². The summed E-state index contributed by atoms with van der Waals surface area (Å²) in [5, 5.41) is 19.3. The lowest BCUT2D eigenvalue weighted by Crippen LogP contribution is -2.36.